The number of ether oxygens (including phenoxy) is 2. The predicted molar refractivity (Wildman–Crippen MR) is 113 cm³/mol. The van der Waals surface area contributed by atoms with Crippen molar-refractivity contribution in [2.24, 2.45) is 7.05 Å². The van der Waals surface area contributed by atoms with E-state index in [1.165, 1.54) is 36.2 Å². The van der Waals surface area contributed by atoms with Gasteiger partial charge < -0.3 is 14.8 Å². The van der Waals surface area contributed by atoms with E-state index in [1.54, 1.807) is 7.05 Å². The summed E-state index contributed by atoms with van der Waals surface area (Å²) in [4.78, 5) is 12.0. The monoisotopic (exact) mass is 484 g/mol. The fraction of sp³-hybridized carbons (Fsp3) is 0.200. The molecule has 0 aliphatic rings. The molecule has 0 aliphatic heterocycles. The van der Waals surface area contributed by atoms with Gasteiger partial charge in [-0.1, -0.05) is 0 Å². The van der Waals surface area contributed by atoms with Gasteiger partial charge in [0.05, 0.1) is 19.8 Å². The number of aryl methyl sites for hydroxylation is 1. The molecule has 0 unspecified atom stereocenters. The van der Waals surface area contributed by atoms with Crippen LogP contribution in [-0.4, -0.2) is 38.3 Å². The second-order valence-corrected chi connectivity index (χ2v) is 8.33. The summed E-state index contributed by atoms with van der Waals surface area (Å²) in [5, 5.41) is 6.49. The summed E-state index contributed by atoms with van der Waals surface area (Å²) in [6.07, 6.45) is -3.31. The standard InChI is InChI=1S/C20H19F3N4O5S/c1-27-15(8-9-24-27)19(28)25-12-5-7-18(17(11-12)32-3)33(29,30)26-13-4-6-16(31-2)14(10-13)20(21,22)23/h4-11,26H,1-3H3,(H,25,28). The van der Waals surface area contributed by atoms with Gasteiger partial charge in [-0.05, 0) is 36.4 Å². The number of alkyl halides is 3. The van der Waals surface area contributed by atoms with Crippen molar-refractivity contribution < 1.29 is 35.9 Å². The first-order chi connectivity index (χ1) is 15.5. The number of anilines is 2. The zero-order chi connectivity index (χ0) is 24.4. The molecule has 9 nitrogen and oxygen atoms in total. The number of nitrogens with zero attached hydrogens (tertiary/aromatic N) is 2. The van der Waals surface area contributed by atoms with Crippen LogP contribution in [0.2, 0.25) is 0 Å². The Morgan fingerprint density at radius 2 is 1.67 bits per heavy atom. The molecule has 1 amide bonds. The molecule has 0 saturated heterocycles. The number of amides is 1. The van der Waals surface area contributed by atoms with E-state index in [-0.39, 0.29) is 27.7 Å². The van der Waals surface area contributed by atoms with E-state index in [0.717, 1.165) is 25.3 Å². The molecule has 0 radical (unpaired) electrons. The van der Waals surface area contributed by atoms with E-state index in [4.69, 9.17) is 9.47 Å². The molecule has 1 heterocycles. The van der Waals surface area contributed by atoms with Crippen molar-refractivity contribution in [3.8, 4) is 11.5 Å². The van der Waals surface area contributed by atoms with Crippen molar-refractivity contribution >= 4 is 27.3 Å². The summed E-state index contributed by atoms with van der Waals surface area (Å²) in [5.74, 6) is -1.06. The van der Waals surface area contributed by atoms with E-state index in [0.29, 0.717) is 6.07 Å². The first-order valence-electron chi connectivity index (χ1n) is 9.21. The van der Waals surface area contributed by atoms with Crippen molar-refractivity contribution in [1.29, 1.82) is 0 Å². The molecular formula is C20H19F3N4O5S. The van der Waals surface area contributed by atoms with Gasteiger partial charge in [0.15, 0.2) is 0 Å². The first kappa shape index (κ1) is 23.9. The molecular weight excluding hydrogens is 465 g/mol. The number of carbonyl (C=O) groups excluding carboxylic acids is 1. The van der Waals surface area contributed by atoms with Crippen LogP contribution in [0.3, 0.4) is 0 Å². The third-order valence-electron chi connectivity index (χ3n) is 4.52. The van der Waals surface area contributed by atoms with Gasteiger partial charge >= 0.3 is 6.18 Å². The average molecular weight is 484 g/mol. The van der Waals surface area contributed by atoms with E-state index in [9.17, 15) is 26.4 Å². The number of methoxy groups -OCH3 is 2. The van der Waals surface area contributed by atoms with E-state index >= 15 is 0 Å². The summed E-state index contributed by atoms with van der Waals surface area (Å²) in [6.45, 7) is 0. The SMILES string of the molecule is COc1ccc(NS(=O)(=O)c2ccc(NC(=O)c3ccnn3C)cc2OC)cc1C(F)(F)F. The number of rotatable bonds is 7. The van der Waals surface area contributed by atoms with Crippen LogP contribution in [0.1, 0.15) is 16.1 Å². The number of hydrogen-bond donors (Lipinski definition) is 2. The van der Waals surface area contributed by atoms with Gasteiger partial charge in [-0.2, -0.15) is 18.3 Å². The average Bonchev–Trinajstić information content (AvgIpc) is 3.18. The molecule has 176 valence electrons. The molecule has 1 aromatic heterocycles. The quantitative estimate of drug-likeness (QED) is 0.531. The Bertz CT molecular complexity index is 1290. The predicted octanol–water partition coefficient (Wildman–Crippen LogP) is 3.51. The van der Waals surface area contributed by atoms with E-state index in [1.807, 2.05) is 0 Å². The van der Waals surface area contributed by atoms with E-state index in [2.05, 4.69) is 15.1 Å². The van der Waals surface area contributed by atoms with Crippen molar-refractivity contribution in [2.45, 2.75) is 11.1 Å². The minimum absolute atomic E-state index is 0.130. The summed E-state index contributed by atoms with van der Waals surface area (Å²) >= 11 is 0. The molecule has 3 aromatic rings. The lowest BCUT2D eigenvalue weighted by atomic mass is 10.1. The van der Waals surface area contributed by atoms with Crippen LogP contribution in [0, 0.1) is 0 Å². The number of sulfonamides is 1. The number of halogens is 3. The minimum Gasteiger partial charge on any atom is -0.496 e. The first-order valence-corrected chi connectivity index (χ1v) is 10.7. The Balaban J connectivity index is 1.89. The number of benzene rings is 2. The molecule has 3 rings (SSSR count). The van der Waals surface area contributed by atoms with Gasteiger partial charge in [-0.15, -0.1) is 0 Å². The molecule has 0 fully saturated rings. The molecule has 2 N–H and O–H groups in total. The number of hydrogen-bond acceptors (Lipinski definition) is 6. The minimum atomic E-state index is -4.75. The molecule has 0 spiro atoms. The van der Waals surface area contributed by atoms with Crippen LogP contribution in [0.25, 0.3) is 0 Å². The summed E-state index contributed by atoms with van der Waals surface area (Å²) in [5.41, 5.74) is -0.947. The van der Waals surface area contributed by atoms with Crippen LogP contribution in [0.5, 0.6) is 11.5 Å². The van der Waals surface area contributed by atoms with Gasteiger partial charge in [0.25, 0.3) is 15.9 Å². The lowest BCUT2D eigenvalue weighted by Gasteiger charge is -2.16. The highest BCUT2D eigenvalue weighted by Crippen LogP contribution is 2.38. The Hall–Kier alpha value is -3.74. The number of nitrogens with one attached hydrogen (secondary N) is 2. The third-order valence-corrected chi connectivity index (χ3v) is 5.94. The van der Waals surface area contributed by atoms with Crippen LogP contribution in [-0.2, 0) is 23.2 Å². The highest BCUT2D eigenvalue weighted by atomic mass is 32.2. The van der Waals surface area contributed by atoms with Crippen LogP contribution in [0.15, 0.2) is 53.6 Å². The van der Waals surface area contributed by atoms with Gasteiger partial charge in [-0.3, -0.25) is 14.2 Å². The van der Waals surface area contributed by atoms with Gasteiger partial charge in [0, 0.05) is 30.7 Å². The molecule has 0 aliphatic carbocycles. The second-order valence-electron chi connectivity index (χ2n) is 6.68. The highest BCUT2D eigenvalue weighted by molar-refractivity contribution is 7.92. The number of carbonyl (C=O) groups is 1. The zero-order valence-corrected chi connectivity index (χ0v) is 18.4. The van der Waals surface area contributed by atoms with E-state index < -0.39 is 33.4 Å². The molecule has 13 heteroatoms. The molecule has 0 bridgehead atoms. The van der Waals surface area contributed by atoms with Gasteiger partial charge in [0.2, 0.25) is 0 Å². The van der Waals surface area contributed by atoms with Crippen molar-refractivity contribution in [3.05, 3.63) is 59.9 Å². The topological polar surface area (TPSA) is 112 Å². The Morgan fingerprint density at radius 3 is 2.24 bits per heavy atom. The smallest absolute Gasteiger partial charge is 0.420 e. The Morgan fingerprint density at radius 1 is 1.00 bits per heavy atom. The maximum atomic E-state index is 13.2. The fourth-order valence-electron chi connectivity index (χ4n) is 2.96. The normalized spacial score (nSPS) is 11.7. The maximum Gasteiger partial charge on any atom is 0.420 e. The zero-order valence-electron chi connectivity index (χ0n) is 17.6. The van der Waals surface area contributed by atoms with Crippen LogP contribution >= 0.6 is 0 Å². The fourth-order valence-corrected chi connectivity index (χ4v) is 4.16. The highest BCUT2D eigenvalue weighted by Gasteiger charge is 2.35. The van der Waals surface area contributed by atoms with Crippen LogP contribution < -0.4 is 19.5 Å². The van der Waals surface area contributed by atoms with Gasteiger partial charge in [-0.25, -0.2) is 8.42 Å². The van der Waals surface area contributed by atoms with Crippen molar-refractivity contribution in [3.63, 3.8) is 0 Å². The summed E-state index contributed by atoms with van der Waals surface area (Å²) in [7, 11) is -0.464. The number of aromatic nitrogens is 2. The van der Waals surface area contributed by atoms with Crippen LogP contribution in [0.4, 0.5) is 24.5 Å². The molecule has 0 atom stereocenters. The lowest BCUT2D eigenvalue weighted by Crippen LogP contribution is -2.17. The summed E-state index contributed by atoms with van der Waals surface area (Å²) < 4.78 is 78.8. The summed E-state index contributed by atoms with van der Waals surface area (Å²) in [6, 6.07) is 8.03. The van der Waals surface area contributed by atoms with Crippen molar-refractivity contribution in [2.75, 3.05) is 24.3 Å². The maximum absolute atomic E-state index is 13.2. The molecule has 0 saturated carbocycles. The molecule has 2 aromatic carbocycles. The molecule has 33 heavy (non-hydrogen) atoms. The third kappa shape index (κ3) is 5.19. The lowest BCUT2D eigenvalue weighted by molar-refractivity contribution is -0.138. The Labute approximate surface area is 187 Å². The second kappa shape index (κ2) is 9.02. The van der Waals surface area contributed by atoms with Crippen molar-refractivity contribution in [1.82, 2.24) is 9.78 Å². The Kier molecular flexibility index (Phi) is 6.53. The van der Waals surface area contributed by atoms with Gasteiger partial charge in [0.1, 0.15) is 22.1 Å². The largest absolute Gasteiger partial charge is 0.496 e.